The third kappa shape index (κ3) is 2.98. The molecule has 18 heavy (non-hydrogen) atoms. The minimum Gasteiger partial charge on any atom is -0.480 e. The summed E-state index contributed by atoms with van der Waals surface area (Å²) in [4.78, 5) is 16.9. The molecule has 5 heteroatoms. The van der Waals surface area contributed by atoms with Crippen molar-refractivity contribution >= 4 is 11.8 Å². The lowest BCUT2D eigenvalue weighted by Crippen LogP contribution is -2.33. The molecule has 0 aliphatic heterocycles. The third-order valence-electron chi connectivity index (χ3n) is 2.94. The van der Waals surface area contributed by atoms with E-state index >= 15 is 0 Å². The average molecular weight is 245 g/mol. The smallest absolute Gasteiger partial charge is 0.323 e. The Kier molecular flexibility index (Phi) is 3.47. The van der Waals surface area contributed by atoms with Gasteiger partial charge in [0.1, 0.15) is 18.4 Å². The Morgan fingerprint density at radius 3 is 2.89 bits per heavy atom. The van der Waals surface area contributed by atoms with Crippen LogP contribution in [0.25, 0.3) is 0 Å². The van der Waals surface area contributed by atoms with Crippen molar-refractivity contribution in [3.05, 3.63) is 23.4 Å². The molecule has 2 rings (SSSR count). The predicted molar refractivity (Wildman–Crippen MR) is 66.3 cm³/mol. The summed E-state index contributed by atoms with van der Waals surface area (Å²) >= 11 is 0. The Balaban J connectivity index is 2.30. The van der Waals surface area contributed by atoms with Gasteiger partial charge in [0.25, 0.3) is 0 Å². The maximum absolute atomic E-state index is 10.9. The Hall–Kier alpha value is -2.09. The van der Waals surface area contributed by atoms with Crippen molar-refractivity contribution < 1.29 is 9.90 Å². The molecule has 94 valence electrons. The van der Waals surface area contributed by atoms with E-state index in [2.05, 4.69) is 11.1 Å². The number of pyridine rings is 1. The summed E-state index contributed by atoms with van der Waals surface area (Å²) in [6.07, 6.45) is 2.26. The van der Waals surface area contributed by atoms with E-state index in [1.807, 2.05) is 6.92 Å². The number of hydrogen-bond donors (Lipinski definition) is 1. The van der Waals surface area contributed by atoms with Gasteiger partial charge in [-0.15, -0.1) is 0 Å². The van der Waals surface area contributed by atoms with E-state index in [-0.39, 0.29) is 6.54 Å². The van der Waals surface area contributed by atoms with Crippen LogP contribution in [-0.4, -0.2) is 29.1 Å². The first kappa shape index (κ1) is 12.4. The summed E-state index contributed by atoms with van der Waals surface area (Å²) in [7, 11) is 0. The summed E-state index contributed by atoms with van der Waals surface area (Å²) in [5.41, 5.74) is 1.22. The van der Waals surface area contributed by atoms with Crippen LogP contribution in [0.15, 0.2) is 12.1 Å². The highest BCUT2D eigenvalue weighted by Crippen LogP contribution is 2.31. The zero-order chi connectivity index (χ0) is 13.1. The molecule has 1 heterocycles. The second kappa shape index (κ2) is 5.05. The minimum absolute atomic E-state index is 0.109. The molecule has 0 bridgehead atoms. The fourth-order valence-electron chi connectivity index (χ4n) is 1.87. The molecular formula is C13H15N3O2. The fourth-order valence-corrected chi connectivity index (χ4v) is 1.87. The van der Waals surface area contributed by atoms with Gasteiger partial charge in [-0.25, -0.2) is 4.98 Å². The number of carbonyl (C=O) groups is 1. The quantitative estimate of drug-likeness (QED) is 0.851. The number of nitriles is 1. The number of carboxylic acids is 1. The molecule has 0 atom stereocenters. The van der Waals surface area contributed by atoms with E-state index in [1.165, 1.54) is 0 Å². The van der Waals surface area contributed by atoms with E-state index in [0.29, 0.717) is 23.8 Å². The maximum atomic E-state index is 10.9. The van der Waals surface area contributed by atoms with Crippen LogP contribution in [0, 0.1) is 24.2 Å². The van der Waals surface area contributed by atoms with Crippen molar-refractivity contribution in [2.24, 2.45) is 5.92 Å². The molecule has 1 aromatic rings. The monoisotopic (exact) mass is 245 g/mol. The Morgan fingerprint density at radius 2 is 2.33 bits per heavy atom. The molecule has 0 saturated heterocycles. The molecule has 0 aromatic carbocycles. The first-order chi connectivity index (χ1) is 8.60. The molecule has 0 unspecified atom stereocenters. The summed E-state index contributed by atoms with van der Waals surface area (Å²) in [5.74, 6) is 0.132. The molecule has 1 aromatic heterocycles. The van der Waals surface area contributed by atoms with Gasteiger partial charge in [0, 0.05) is 12.2 Å². The van der Waals surface area contributed by atoms with Crippen LogP contribution in [0.4, 0.5) is 5.82 Å². The van der Waals surface area contributed by atoms with Gasteiger partial charge in [-0.1, -0.05) is 0 Å². The van der Waals surface area contributed by atoms with Gasteiger partial charge < -0.3 is 10.0 Å². The first-order valence-corrected chi connectivity index (χ1v) is 5.94. The van der Waals surface area contributed by atoms with Crippen molar-refractivity contribution in [1.82, 2.24) is 4.98 Å². The normalized spacial score (nSPS) is 14.0. The van der Waals surface area contributed by atoms with Crippen molar-refractivity contribution in [3.63, 3.8) is 0 Å². The van der Waals surface area contributed by atoms with Crippen LogP contribution in [-0.2, 0) is 4.79 Å². The van der Waals surface area contributed by atoms with E-state index in [4.69, 9.17) is 10.4 Å². The standard InChI is InChI=1S/C13H15N3O2/c1-9-2-5-11(6-14)13(15-9)16(8-12(17)18)7-10-3-4-10/h2,5,10H,3-4,7-8H2,1H3,(H,17,18). The molecule has 0 amide bonds. The average Bonchev–Trinajstić information content (AvgIpc) is 3.11. The third-order valence-corrected chi connectivity index (χ3v) is 2.94. The Bertz CT molecular complexity index is 503. The van der Waals surface area contributed by atoms with Gasteiger partial charge >= 0.3 is 5.97 Å². The number of aliphatic carboxylic acids is 1. The molecule has 1 saturated carbocycles. The number of rotatable bonds is 5. The Morgan fingerprint density at radius 1 is 1.61 bits per heavy atom. The zero-order valence-electron chi connectivity index (χ0n) is 10.3. The summed E-state index contributed by atoms with van der Waals surface area (Å²) in [6, 6.07) is 5.53. The molecule has 0 spiro atoms. The summed E-state index contributed by atoms with van der Waals surface area (Å²) < 4.78 is 0. The molecular weight excluding hydrogens is 230 g/mol. The predicted octanol–water partition coefficient (Wildman–Crippen LogP) is 1.56. The van der Waals surface area contributed by atoms with Gasteiger partial charge in [0.2, 0.25) is 0 Å². The van der Waals surface area contributed by atoms with Gasteiger partial charge in [-0.3, -0.25) is 4.79 Å². The lowest BCUT2D eigenvalue weighted by Gasteiger charge is -2.22. The largest absolute Gasteiger partial charge is 0.480 e. The van der Waals surface area contributed by atoms with Crippen molar-refractivity contribution in [2.75, 3.05) is 18.0 Å². The number of carboxylic acid groups (broad SMARTS) is 1. The molecule has 1 aliphatic carbocycles. The van der Waals surface area contributed by atoms with E-state index in [0.717, 1.165) is 18.5 Å². The van der Waals surface area contributed by atoms with Crippen LogP contribution in [0.1, 0.15) is 24.1 Å². The molecule has 1 N–H and O–H groups in total. The van der Waals surface area contributed by atoms with E-state index < -0.39 is 5.97 Å². The van der Waals surface area contributed by atoms with Crippen LogP contribution in [0.2, 0.25) is 0 Å². The highest BCUT2D eigenvalue weighted by Gasteiger charge is 2.27. The lowest BCUT2D eigenvalue weighted by molar-refractivity contribution is -0.135. The molecule has 0 radical (unpaired) electrons. The molecule has 5 nitrogen and oxygen atoms in total. The summed E-state index contributed by atoms with van der Waals surface area (Å²) in [5, 5.41) is 18.0. The van der Waals surface area contributed by atoms with Crippen molar-refractivity contribution in [2.45, 2.75) is 19.8 Å². The lowest BCUT2D eigenvalue weighted by atomic mass is 10.2. The number of aromatic nitrogens is 1. The van der Waals surface area contributed by atoms with E-state index in [1.54, 1.807) is 17.0 Å². The number of anilines is 1. The Labute approximate surface area is 106 Å². The van der Waals surface area contributed by atoms with Crippen molar-refractivity contribution in [3.8, 4) is 6.07 Å². The number of aryl methyl sites for hydroxylation is 1. The van der Waals surface area contributed by atoms with Gasteiger partial charge in [-0.05, 0) is 37.8 Å². The second-order valence-corrected chi connectivity index (χ2v) is 4.65. The zero-order valence-corrected chi connectivity index (χ0v) is 10.3. The van der Waals surface area contributed by atoms with Gasteiger partial charge in [0.15, 0.2) is 0 Å². The number of hydrogen-bond acceptors (Lipinski definition) is 4. The highest BCUT2D eigenvalue weighted by molar-refractivity contribution is 5.74. The van der Waals surface area contributed by atoms with Gasteiger partial charge in [0.05, 0.1) is 5.56 Å². The summed E-state index contributed by atoms with van der Waals surface area (Å²) in [6.45, 7) is 2.39. The topological polar surface area (TPSA) is 77.2 Å². The SMILES string of the molecule is Cc1ccc(C#N)c(N(CC(=O)O)CC2CC2)n1. The highest BCUT2D eigenvalue weighted by atomic mass is 16.4. The second-order valence-electron chi connectivity index (χ2n) is 4.65. The van der Waals surface area contributed by atoms with E-state index in [9.17, 15) is 4.79 Å². The first-order valence-electron chi connectivity index (χ1n) is 5.94. The fraction of sp³-hybridized carbons (Fsp3) is 0.462. The number of nitrogens with zero attached hydrogens (tertiary/aromatic N) is 3. The van der Waals surface area contributed by atoms with Crippen LogP contribution < -0.4 is 4.90 Å². The van der Waals surface area contributed by atoms with Crippen molar-refractivity contribution in [1.29, 1.82) is 5.26 Å². The molecule has 1 fully saturated rings. The maximum Gasteiger partial charge on any atom is 0.323 e. The van der Waals surface area contributed by atoms with Crippen LogP contribution >= 0.6 is 0 Å². The van der Waals surface area contributed by atoms with Gasteiger partial charge in [-0.2, -0.15) is 5.26 Å². The van der Waals surface area contributed by atoms with Crippen LogP contribution in [0.5, 0.6) is 0 Å². The minimum atomic E-state index is -0.900. The molecule has 1 aliphatic rings. The van der Waals surface area contributed by atoms with Crippen LogP contribution in [0.3, 0.4) is 0 Å².